The number of rotatable bonds is 10. The van der Waals surface area contributed by atoms with E-state index in [1.807, 2.05) is 20.8 Å². The van der Waals surface area contributed by atoms with E-state index in [2.05, 4.69) is 19.1 Å². The first-order chi connectivity index (χ1) is 7.78. The summed E-state index contributed by atoms with van der Waals surface area (Å²) in [6.07, 6.45) is 5.92. The first-order valence-electron chi connectivity index (χ1n) is 6.29. The average molecular weight is 230 g/mol. The number of ether oxygens (including phenoxy) is 3. The lowest BCUT2D eigenvalue weighted by molar-refractivity contribution is -0.152. The fourth-order valence-corrected chi connectivity index (χ4v) is 1.45. The Labute approximate surface area is 99.8 Å². The third kappa shape index (κ3) is 7.85. The summed E-state index contributed by atoms with van der Waals surface area (Å²) in [6.45, 7) is 10.1. The molecule has 0 rings (SSSR count). The molecule has 0 amide bonds. The quantitative estimate of drug-likeness (QED) is 0.426. The van der Waals surface area contributed by atoms with E-state index in [0.29, 0.717) is 19.8 Å². The molecule has 0 heterocycles. The van der Waals surface area contributed by atoms with Gasteiger partial charge in [0.25, 0.3) is 0 Å². The molecule has 3 nitrogen and oxygen atoms in total. The van der Waals surface area contributed by atoms with Gasteiger partial charge in [-0.25, -0.2) is 0 Å². The van der Waals surface area contributed by atoms with Crippen molar-refractivity contribution in [2.45, 2.75) is 52.9 Å². The third-order valence-corrected chi connectivity index (χ3v) is 2.10. The van der Waals surface area contributed by atoms with Crippen LogP contribution in [0.25, 0.3) is 0 Å². The van der Waals surface area contributed by atoms with Gasteiger partial charge in [-0.2, -0.15) is 0 Å². The standard InChI is InChI=1S/C13H26O3/c1-5-9-10-12(14-6-2)11-13(15-7-3)16-8-4/h9-10,12-13H,5-8,11H2,1-4H3. The normalized spacial score (nSPS) is 13.8. The Bertz CT molecular complexity index is 163. The fourth-order valence-electron chi connectivity index (χ4n) is 1.45. The van der Waals surface area contributed by atoms with Gasteiger partial charge in [-0.05, 0) is 27.2 Å². The Morgan fingerprint density at radius 2 is 1.44 bits per heavy atom. The molecule has 0 aromatic heterocycles. The second-order valence-electron chi connectivity index (χ2n) is 3.41. The van der Waals surface area contributed by atoms with Gasteiger partial charge in [-0.1, -0.05) is 19.1 Å². The smallest absolute Gasteiger partial charge is 0.160 e. The zero-order chi connectivity index (χ0) is 12.2. The summed E-state index contributed by atoms with van der Waals surface area (Å²) in [7, 11) is 0. The highest BCUT2D eigenvalue weighted by molar-refractivity contribution is 4.89. The molecule has 0 N–H and O–H groups in total. The van der Waals surface area contributed by atoms with Gasteiger partial charge >= 0.3 is 0 Å². The summed E-state index contributed by atoms with van der Waals surface area (Å²) in [5.74, 6) is 0. The van der Waals surface area contributed by atoms with Crippen LogP contribution in [0.5, 0.6) is 0 Å². The number of allylic oxidation sites excluding steroid dienone is 1. The van der Waals surface area contributed by atoms with E-state index in [9.17, 15) is 0 Å². The highest BCUT2D eigenvalue weighted by Crippen LogP contribution is 2.10. The second kappa shape index (κ2) is 11.1. The van der Waals surface area contributed by atoms with Crippen LogP contribution < -0.4 is 0 Å². The Morgan fingerprint density at radius 1 is 0.875 bits per heavy atom. The Kier molecular flexibility index (Phi) is 10.9. The molecule has 3 heteroatoms. The van der Waals surface area contributed by atoms with Gasteiger partial charge in [0.15, 0.2) is 6.29 Å². The zero-order valence-electron chi connectivity index (χ0n) is 11.1. The lowest BCUT2D eigenvalue weighted by Gasteiger charge is -2.21. The summed E-state index contributed by atoms with van der Waals surface area (Å²) >= 11 is 0. The Morgan fingerprint density at radius 3 is 1.88 bits per heavy atom. The van der Waals surface area contributed by atoms with E-state index >= 15 is 0 Å². The highest BCUT2D eigenvalue weighted by atomic mass is 16.7. The molecule has 0 aliphatic rings. The van der Waals surface area contributed by atoms with Gasteiger partial charge in [0.1, 0.15) is 0 Å². The molecule has 1 atom stereocenters. The van der Waals surface area contributed by atoms with E-state index in [1.54, 1.807) is 0 Å². The third-order valence-electron chi connectivity index (χ3n) is 2.10. The van der Waals surface area contributed by atoms with Crippen molar-refractivity contribution in [2.24, 2.45) is 0 Å². The van der Waals surface area contributed by atoms with Crippen molar-refractivity contribution in [1.82, 2.24) is 0 Å². The van der Waals surface area contributed by atoms with Crippen LogP contribution >= 0.6 is 0 Å². The maximum Gasteiger partial charge on any atom is 0.160 e. The minimum atomic E-state index is -0.159. The summed E-state index contributed by atoms with van der Waals surface area (Å²) in [5, 5.41) is 0. The highest BCUT2D eigenvalue weighted by Gasteiger charge is 2.14. The van der Waals surface area contributed by atoms with Gasteiger partial charge < -0.3 is 14.2 Å². The van der Waals surface area contributed by atoms with Crippen LogP contribution in [0.1, 0.15) is 40.5 Å². The largest absolute Gasteiger partial charge is 0.374 e. The van der Waals surface area contributed by atoms with Gasteiger partial charge in [-0.3, -0.25) is 0 Å². The Balaban J connectivity index is 4.13. The molecular formula is C13H26O3. The van der Waals surface area contributed by atoms with Gasteiger partial charge in [0, 0.05) is 26.2 Å². The second-order valence-corrected chi connectivity index (χ2v) is 3.41. The molecule has 96 valence electrons. The molecule has 0 aliphatic heterocycles. The van der Waals surface area contributed by atoms with Crippen LogP contribution in [0.2, 0.25) is 0 Å². The van der Waals surface area contributed by atoms with Crippen LogP contribution in [0.3, 0.4) is 0 Å². The van der Waals surface area contributed by atoms with Crippen molar-refractivity contribution in [3.63, 3.8) is 0 Å². The predicted molar refractivity (Wildman–Crippen MR) is 66.5 cm³/mol. The van der Waals surface area contributed by atoms with Crippen molar-refractivity contribution in [3.05, 3.63) is 12.2 Å². The molecule has 0 spiro atoms. The molecule has 0 bridgehead atoms. The van der Waals surface area contributed by atoms with E-state index in [0.717, 1.165) is 12.8 Å². The minimum absolute atomic E-state index is 0.0908. The maximum absolute atomic E-state index is 5.62. The van der Waals surface area contributed by atoms with Gasteiger partial charge in [0.05, 0.1) is 6.10 Å². The molecule has 0 radical (unpaired) electrons. The first kappa shape index (κ1) is 15.6. The monoisotopic (exact) mass is 230 g/mol. The van der Waals surface area contributed by atoms with Crippen molar-refractivity contribution < 1.29 is 14.2 Å². The van der Waals surface area contributed by atoms with E-state index in [1.165, 1.54) is 0 Å². The van der Waals surface area contributed by atoms with Crippen LogP contribution in [0.15, 0.2) is 12.2 Å². The fraction of sp³-hybridized carbons (Fsp3) is 0.846. The lowest BCUT2D eigenvalue weighted by Crippen LogP contribution is -2.24. The maximum atomic E-state index is 5.62. The zero-order valence-corrected chi connectivity index (χ0v) is 11.1. The minimum Gasteiger partial charge on any atom is -0.374 e. The van der Waals surface area contributed by atoms with Crippen LogP contribution in [-0.2, 0) is 14.2 Å². The molecule has 1 unspecified atom stereocenters. The number of hydrogen-bond acceptors (Lipinski definition) is 3. The molecule has 0 saturated heterocycles. The lowest BCUT2D eigenvalue weighted by atomic mass is 10.2. The first-order valence-corrected chi connectivity index (χ1v) is 6.29. The molecule has 16 heavy (non-hydrogen) atoms. The molecule has 0 aromatic rings. The summed E-state index contributed by atoms with van der Waals surface area (Å²) < 4.78 is 16.6. The molecular weight excluding hydrogens is 204 g/mol. The van der Waals surface area contributed by atoms with Crippen molar-refractivity contribution in [3.8, 4) is 0 Å². The molecule has 0 saturated carbocycles. The van der Waals surface area contributed by atoms with Crippen LogP contribution in [0, 0.1) is 0 Å². The Hall–Kier alpha value is -0.380. The topological polar surface area (TPSA) is 27.7 Å². The SMILES string of the molecule is CCC=CC(CC(OCC)OCC)OCC. The van der Waals surface area contributed by atoms with Crippen molar-refractivity contribution >= 4 is 0 Å². The van der Waals surface area contributed by atoms with Crippen LogP contribution in [-0.4, -0.2) is 32.2 Å². The summed E-state index contributed by atoms with van der Waals surface area (Å²) in [6, 6.07) is 0. The summed E-state index contributed by atoms with van der Waals surface area (Å²) in [4.78, 5) is 0. The average Bonchev–Trinajstić information content (AvgIpc) is 2.27. The molecule has 0 aromatic carbocycles. The number of hydrogen-bond donors (Lipinski definition) is 0. The van der Waals surface area contributed by atoms with E-state index < -0.39 is 0 Å². The van der Waals surface area contributed by atoms with Gasteiger partial charge in [0.2, 0.25) is 0 Å². The summed E-state index contributed by atoms with van der Waals surface area (Å²) in [5.41, 5.74) is 0. The molecule has 0 aliphatic carbocycles. The van der Waals surface area contributed by atoms with E-state index in [-0.39, 0.29) is 12.4 Å². The van der Waals surface area contributed by atoms with Gasteiger partial charge in [-0.15, -0.1) is 0 Å². The molecule has 0 fully saturated rings. The predicted octanol–water partition coefficient (Wildman–Crippen LogP) is 3.15. The van der Waals surface area contributed by atoms with Crippen LogP contribution in [0.4, 0.5) is 0 Å². The van der Waals surface area contributed by atoms with Crippen molar-refractivity contribution in [1.29, 1.82) is 0 Å². The van der Waals surface area contributed by atoms with E-state index in [4.69, 9.17) is 14.2 Å². The van der Waals surface area contributed by atoms with Crippen molar-refractivity contribution in [2.75, 3.05) is 19.8 Å².